The van der Waals surface area contributed by atoms with E-state index >= 15 is 0 Å². The lowest BCUT2D eigenvalue weighted by molar-refractivity contribution is -0.0601. The van der Waals surface area contributed by atoms with E-state index in [0.29, 0.717) is 28.3 Å². The first-order chi connectivity index (χ1) is 13.2. The van der Waals surface area contributed by atoms with Gasteiger partial charge in [0.1, 0.15) is 5.82 Å². The van der Waals surface area contributed by atoms with Crippen LogP contribution in [0.2, 0.25) is 5.02 Å². The Hall–Kier alpha value is -1.63. The molecule has 2 bridgehead atoms. The number of nitrogen functional groups attached to an aromatic ring is 1. The fourth-order valence-electron chi connectivity index (χ4n) is 5.82. The number of nitrogens with zero attached hydrogens (tertiary/aromatic N) is 4. The van der Waals surface area contributed by atoms with Crippen LogP contribution in [0.1, 0.15) is 18.5 Å². The monoisotopic (exact) mass is 383 g/mol. The van der Waals surface area contributed by atoms with Gasteiger partial charge in [0.2, 0.25) is 0 Å². The molecule has 2 aromatic heterocycles. The number of piperidine rings is 1. The predicted octanol–water partition coefficient (Wildman–Crippen LogP) is 2.17. The minimum Gasteiger partial charge on any atom is -0.382 e. The maximum atomic E-state index is 6.21. The molecule has 0 spiro atoms. The Kier molecular flexibility index (Phi) is 2.75. The molecule has 2 aromatic rings. The van der Waals surface area contributed by atoms with Crippen molar-refractivity contribution in [3.05, 3.63) is 29.0 Å². The van der Waals surface area contributed by atoms with Gasteiger partial charge in [0, 0.05) is 42.0 Å². The summed E-state index contributed by atoms with van der Waals surface area (Å²) >= 11 is 6.21. The maximum absolute atomic E-state index is 6.21. The van der Waals surface area contributed by atoms with E-state index in [4.69, 9.17) is 27.2 Å². The van der Waals surface area contributed by atoms with Crippen LogP contribution in [0.15, 0.2) is 18.3 Å². The highest BCUT2D eigenvalue weighted by Gasteiger charge is 2.93. The third-order valence-corrected chi connectivity index (χ3v) is 7.88. The van der Waals surface area contributed by atoms with Gasteiger partial charge in [-0.1, -0.05) is 11.6 Å². The Labute approximate surface area is 162 Å². The molecule has 27 heavy (non-hydrogen) atoms. The highest BCUT2D eigenvalue weighted by atomic mass is 35.5. The highest BCUT2D eigenvalue weighted by molar-refractivity contribution is 6.33. The average Bonchev–Trinajstić information content (AvgIpc) is 3.53. The van der Waals surface area contributed by atoms with Gasteiger partial charge in [-0.05, 0) is 42.7 Å². The first-order valence-corrected chi connectivity index (χ1v) is 10.4. The SMILES string of the molecule is Nc1ncc(-c2cc([C@@]34C5[C@H]3[C@H]4CN5C3COC3)n(CC3CC3)n2)cc1Cl. The second kappa shape index (κ2) is 4.85. The molecular formula is C20H22ClN5O. The summed E-state index contributed by atoms with van der Waals surface area (Å²) in [5.74, 6) is 2.83. The van der Waals surface area contributed by atoms with Crippen molar-refractivity contribution in [3.8, 4) is 11.3 Å². The minimum absolute atomic E-state index is 0.362. The molecule has 0 radical (unpaired) electrons. The molecule has 140 valence electrons. The fraction of sp³-hybridized carbons (Fsp3) is 0.600. The average molecular weight is 384 g/mol. The van der Waals surface area contributed by atoms with Crippen LogP contribution in [0.4, 0.5) is 5.82 Å². The molecule has 3 saturated carbocycles. The van der Waals surface area contributed by atoms with Crippen LogP contribution in [0.25, 0.3) is 11.3 Å². The lowest BCUT2D eigenvalue weighted by atomic mass is 10.0. The number of ether oxygens (including phenoxy) is 1. The number of pyridine rings is 1. The first kappa shape index (κ1) is 15.3. The Bertz CT molecular complexity index is 961. The molecule has 6 fully saturated rings. The quantitative estimate of drug-likeness (QED) is 0.856. The number of hydrogen-bond acceptors (Lipinski definition) is 5. The lowest BCUT2D eigenvalue weighted by Crippen LogP contribution is -2.48. The molecule has 3 aliphatic carbocycles. The van der Waals surface area contributed by atoms with Gasteiger partial charge in [-0.3, -0.25) is 9.58 Å². The molecule has 0 amide bonds. The first-order valence-electron chi connectivity index (χ1n) is 10.0. The van der Waals surface area contributed by atoms with Crippen molar-refractivity contribution in [2.45, 2.75) is 36.9 Å². The summed E-state index contributed by atoms with van der Waals surface area (Å²) in [5, 5.41) is 5.50. The van der Waals surface area contributed by atoms with Crippen molar-refractivity contribution < 1.29 is 4.74 Å². The number of halogens is 1. The van der Waals surface area contributed by atoms with Crippen molar-refractivity contribution in [2.75, 3.05) is 25.5 Å². The topological polar surface area (TPSA) is 69.2 Å². The Morgan fingerprint density at radius 2 is 2.15 bits per heavy atom. The summed E-state index contributed by atoms with van der Waals surface area (Å²) in [7, 11) is 0. The van der Waals surface area contributed by atoms with E-state index in [-0.39, 0.29) is 0 Å². The number of aromatic nitrogens is 3. The molecule has 6 nitrogen and oxygen atoms in total. The molecule has 3 aliphatic heterocycles. The molecule has 8 rings (SSSR count). The van der Waals surface area contributed by atoms with Crippen molar-refractivity contribution >= 4 is 17.4 Å². The molecule has 4 atom stereocenters. The van der Waals surface area contributed by atoms with Gasteiger partial charge in [-0.2, -0.15) is 5.10 Å². The van der Waals surface area contributed by atoms with Crippen LogP contribution < -0.4 is 5.73 Å². The van der Waals surface area contributed by atoms with Gasteiger partial charge in [0.05, 0.1) is 30.0 Å². The van der Waals surface area contributed by atoms with E-state index in [0.717, 1.165) is 48.8 Å². The zero-order valence-electron chi connectivity index (χ0n) is 15.0. The van der Waals surface area contributed by atoms with Crippen molar-refractivity contribution in [1.82, 2.24) is 19.7 Å². The number of rotatable bonds is 5. The Balaban J connectivity index is 1.27. The second-order valence-electron chi connectivity index (χ2n) is 9.03. The maximum Gasteiger partial charge on any atom is 0.142 e. The van der Waals surface area contributed by atoms with Gasteiger partial charge < -0.3 is 10.5 Å². The zero-order valence-corrected chi connectivity index (χ0v) is 15.8. The Morgan fingerprint density at radius 3 is 2.81 bits per heavy atom. The van der Waals surface area contributed by atoms with Gasteiger partial charge >= 0.3 is 0 Å². The van der Waals surface area contributed by atoms with E-state index < -0.39 is 0 Å². The molecule has 7 heteroatoms. The van der Waals surface area contributed by atoms with E-state index in [9.17, 15) is 0 Å². The minimum atomic E-state index is 0.362. The Morgan fingerprint density at radius 1 is 1.30 bits per heavy atom. The van der Waals surface area contributed by atoms with Crippen LogP contribution >= 0.6 is 11.6 Å². The molecule has 6 aliphatic rings. The van der Waals surface area contributed by atoms with Crippen LogP contribution in [0.5, 0.6) is 0 Å². The van der Waals surface area contributed by atoms with Crippen molar-refractivity contribution in [2.24, 2.45) is 17.8 Å². The summed E-state index contributed by atoms with van der Waals surface area (Å²) in [6.07, 6.45) is 4.45. The lowest BCUT2D eigenvalue weighted by Gasteiger charge is -2.34. The van der Waals surface area contributed by atoms with Crippen molar-refractivity contribution in [1.29, 1.82) is 0 Å². The molecule has 0 aromatic carbocycles. The third kappa shape index (κ3) is 1.89. The van der Waals surface area contributed by atoms with Gasteiger partial charge in [0.15, 0.2) is 0 Å². The molecule has 1 unspecified atom stereocenters. The second-order valence-corrected chi connectivity index (χ2v) is 9.44. The number of fused-ring (bicyclic) bond motifs is 1. The van der Waals surface area contributed by atoms with E-state index in [2.05, 4.69) is 20.6 Å². The molecule has 5 heterocycles. The highest BCUT2D eigenvalue weighted by Crippen LogP contribution is 2.86. The van der Waals surface area contributed by atoms with Gasteiger partial charge in [-0.25, -0.2) is 4.98 Å². The van der Waals surface area contributed by atoms with E-state index in [1.165, 1.54) is 25.1 Å². The summed E-state index contributed by atoms with van der Waals surface area (Å²) in [5.41, 5.74) is 9.52. The fourth-order valence-corrected chi connectivity index (χ4v) is 5.98. The number of hydrogen-bond donors (Lipinski definition) is 1. The van der Waals surface area contributed by atoms with Gasteiger partial charge in [0.25, 0.3) is 0 Å². The third-order valence-electron chi connectivity index (χ3n) is 7.58. The molecular weight excluding hydrogens is 362 g/mol. The van der Waals surface area contributed by atoms with Crippen molar-refractivity contribution in [3.63, 3.8) is 0 Å². The van der Waals surface area contributed by atoms with E-state index in [1.807, 2.05) is 6.07 Å². The summed E-state index contributed by atoms with van der Waals surface area (Å²) < 4.78 is 7.75. The van der Waals surface area contributed by atoms with E-state index in [1.54, 1.807) is 6.20 Å². The summed E-state index contributed by atoms with van der Waals surface area (Å²) in [6.45, 7) is 4.11. The smallest absolute Gasteiger partial charge is 0.142 e. The predicted molar refractivity (Wildman–Crippen MR) is 101 cm³/mol. The van der Waals surface area contributed by atoms with Crippen LogP contribution in [-0.2, 0) is 16.7 Å². The molecule has 2 N–H and O–H groups in total. The molecule has 3 saturated heterocycles. The zero-order chi connectivity index (χ0) is 17.9. The summed E-state index contributed by atoms with van der Waals surface area (Å²) in [6, 6.07) is 5.55. The summed E-state index contributed by atoms with van der Waals surface area (Å²) in [4.78, 5) is 6.94. The van der Waals surface area contributed by atoms with Crippen LogP contribution in [0.3, 0.4) is 0 Å². The number of nitrogens with two attached hydrogens (primary N) is 1. The van der Waals surface area contributed by atoms with Crippen LogP contribution in [0, 0.1) is 17.8 Å². The largest absolute Gasteiger partial charge is 0.382 e. The van der Waals surface area contributed by atoms with Gasteiger partial charge in [-0.15, -0.1) is 0 Å². The van der Waals surface area contributed by atoms with Crippen LogP contribution in [-0.4, -0.2) is 51.5 Å². The standard InChI is InChI=1S/C20H22ClN5O/c21-14-3-11(5-23-19(14)22)15-4-16(26(24-15)6-10-1-2-10)20-13-7-25(12-8-27-9-12)18(20)17(13)20/h3-5,10,12-13,17-18H,1-2,6-9H2,(H2,22,23)/t13-,17-,18?,20-/m1/s1. The number of anilines is 1. The normalized spacial score (nSPS) is 36.6.